The third-order valence-corrected chi connectivity index (χ3v) is 4.44. The number of benzene rings is 1. The molecule has 0 spiro atoms. The van der Waals surface area contributed by atoms with Gasteiger partial charge >= 0.3 is 0 Å². The normalized spacial score (nSPS) is 13.9. The molecule has 0 fully saturated rings. The number of carboxylic acids is 1. The lowest BCUT2D eigenvalue weighted by Gasteiger charge is -2.27. The van der Waals surface area contributed by atoms with Crippen LogP contribution in [0.15, 0.2) is 53.9 Å². The van der Waals surface area contributed by atoms with Crippen LogP contribution in [-0.4, -0.2) is 45.9 Å². The summed E-state index contributed by atoms with van der Waals surface area (Å²) < 4.78 is 5.72. The van der Waals surface area contributed by atoms with Gasteiger partial charge in [-0.05, 0) is 31.2 Å². The van der Waals surface area contributed by atoms with Gasteiger partial charge in [0.25, 0.3) is 11.8 Å². The number of aliphatic hydroxyl groups is 1. The number of aliphatic hydroxyl groups excluding tert-OH is 1. The predicted molar refractivity (Wildman–Crippen MR) is 103 cm³/mol. The van der Waals surface area contributed by atoms with Crippen LogP contribution >= 0.6 is 0 Å². The van der Waals surface area contributed by atoms with Crippen molar-refractivity contribution in [3.63, 3.8) is 0 Å². The molecular weight excluding hydrogens is 390 g/mol. The minimum atomic E-state index is -1.50. The first-order valence-corrected chi connectivity index (χ1v) is 9.22. The molecule has 156 valence electrons. The van der Waals surface area contributed by atoms with Crippen LogP contribution in [0.4, 0.5) is 0 Å². The fraction of sp³-hybridized carbons (Fsp3) is 0.238. The second-order valence-corrected chi connectivity index (χ2v) is 6.75. The van der Waals surface area contributed by atoms with Gasteiger partial charge in [-0.25, -0.2) is 0 Å². The molecule has 1 aromatic carbocycles. The number of carbonyl (C=O) groups excluding carboxylic acids is 3. The molecule has 1 aliphatic rings. The van der Waals surface area contributed by atoms with Crippen LogP contribution in [0.5, 0.6) is 11.5 Å². The standard InChI is InChI=1S/C21H21N3O6/c1-13-2-5-15(6-3-13)30-16-7-4-14(22-10-16)12-24-9-8-17(25)19(21(24)29)20(28)23-11-18(26)27/h2-7,10,25H,8-9,11-12H2,1H3,(H,23,28)(H,26,27)/p-1. The number of nitrogens with one attached hydrogen (secondary N) is 1. The average molecular weight is 410 g/mol. The highest BCUT2D eigenvalue weighted by Crippen LogP contribution is 2.23. The number of ether oxygens (including phenoxy) is 1. The molecule has 2 heterocycles. The third kappa shape index (κ3) is 5.13. The lowest BCUT2D eigenvalue weighted by Crippen LogP contribution is -2.45. The molecule has 1 aliphatic heterocycles. The Bertz CT molecular complexity index is 983. The van der Waals surface area contributed by atoms with E-state index < -0.39 is 29.9 Å². The summed E-state index contributed by atoms with van der Waals surface area (Å²) in [4.78, 5) is 40.8. The van der Waals surface area contributed by atoms with Gasteiger partial charge in [-0.15, -0.1) is 0 Å². The molecule has 3 rings (SSSR count). The molecule has 30 heavy (non-hydrogen) atoms. The van der Waals surface area contributed by atoms with Gasteiger partial charge in [0, 0.05) is 13.0 Å². The van der Waals surface area contributed by atoms with Crippen LogP contribution in [0, 0.1) is 6.92 Å². The van der Waals surface area contributed by atoms with Gasteiger partial charge < -0.3 is 30.0 Å². The van der Waals surface area contributed by atoms with Crippen LogP contribution in [0.1, 0.15) is 17.7 Å². The molecule has 0 bridgehead atoms. The number of hydrogen-bond donors (Lipinski definition) is 2. The Hall–Kier alpha value is -3.88. The molecule has 2 aromatic rings. The minimum absolute atomic E-state index is 0.0778. The minimum Gasteiger partial charge on any atom is -0.548 e. The Morgan fingerprint density at radius 1 is 1.20 bits per heavy atom. The Morgan fingerprint density at radius 2 is 1.90 bits per heavy atom. The van der Waals surface area contributed by atoms with Gasteiger partial charge in [0.15, 0.2) is 0 Å². The predicted octanol–water partition coefficient (Wildman–Crippen LogP) is 0.593. The second kappa shape index (κ2) is 9.08. The average Bonchev–Trinajstić information content (AvgIpc) is 2.72. The zero-order chi connectivity index (χ0) is 21.7. The zero-order valence-electron chi connectivity index (χ0n) is 16.3. The summed E-state index contributed by atoms with van der Waals surface area (Å²) in [5.74, 6) is -2.32. The maximum atomic E-state index is 12.6. The Morgan fingerprint density at radius 3 is 2.53 bits per heavy atom. The number of nitrogens with zero attached hydrogens (tertiary/aromatic N) is 2. The zero-order valence-corrected chi connectivity index (χ0v) is 16.3. The molecule has 2 amide bonds. The van der Waals surface area contributed by atoms with E-state index in [0.29, 0.717) is 17.2 Å². The SMILES string of the molecule is Cc1ccc(Oc2ccc(CN3CCC(O)=C(C(=O)NCC(=O)[O-])C3=O)nc2)cc1. The van der Waals surface area contributed by atoms with E-state index in [1.165, 1.54) is 11.1 Å². The summed E-state index contributed by atoms with van der Waals surface area (Å²) >= 11 is 0. The summed E-state index contributed by atoms with van der Waals surface area (Å²) in [7, 11) is 0. The molecule has 1 aromatic heterocycles. The largest absolute Gasteiger partial charge is 0.548 e. The Balaban J connectivity index is 1.64. The van der Waals surface area contributed by atoms with E-state index in [1.807, 2.05) is 36.5 Å². The molecule has 2 N–H and O–H groups in total. The van der Waals surface area contributed by atoms with E-state index >= 15 is 0 Å². The molecule has 0 radical (unpaired) electrons. The van der Waals surface area contributed by atoms with Crippen molar-refractivity contribution in [1.82, 2.24) is 15.2 Å². The van der Waals surface area contributed by atoms with E-state index in [0.717, 1.165) is 5.56 Å². The highest BCUT2D eigenvalue weighted by molar-refractivity contribution is 6.19. The quantitative estimate of drug-likeness (QED) is 0.639. The first-order valence-electron chi connectivity index (χ1n) is 9.22. The fourth-order valence-corrected chi connectivity index (χ4v) is 2.87. The summed E-state index contributed by atoms with van der Waals surface area (Å²) in [5, 5.41) is 22.5. The van der Waals surface area contributed by atoms with Gasteiger partial charge in [-0.3, -0.25) is 14.6 Å². The Labute approximate surface area is 172 Å². The maximum absolute atomic E-state index is 12.6. The number of carboxylic acid groups (broad SMARTS) is 1. The highest BCUT2D eigenvalue weighted by atomic mass is 16.5. The monoisotopic (exact) mass is 410 g/mol. The van der Waals surface area contributed by atoms with Gasteiger partial charge in [-0.1, -0.05) is 17.7 Å². The van der Waals surface area contributed by atoms with Crippen LogP contribution in [0.3, 0.4) is 0 Å². The number of amides is 2. The summed E-state index contributed by atoms with van der Waals surface area (Å²) in [6, 6.07) is 11.0. The number of carbonyl (C=O) groups is 3. The third-order valence-electron chi connectivity index (χ3n) is 4.44. The summed E-state index contributed by atoms with van der Waals surface area (Å²) in [6.07, 6.45) is 1.61. The van der Waals surface area contributed by atoms with Gasteiger partial charge in [0.1, 0.15) is 22.8 Å². The van der Waals surface area contributed by atoms with E-state index in [1.54, 1.807) is 12.1 Å². The van der Waals surface area contributed by atoms with Crippen molar-refractivity contribution in [2.24, 2.45) is 0 Å². The lowest BCUT2D eigenvalue weighted by molar-refractivity contribution is -0.304. The van der Waals surface area contributed by atoms with Crippen LogP contribution in [-0.2, 0) is 20.9 Å². The van der Waals surface area contributed by atoms with Crippen LogP contribution in [0.2, 0.25) is 0 Å². The number of aromatic nitrogens is 1. The molecule has 0 atom stereocenters. The second-order valence-electron chi connectivity index (χ2n) is 6.75. The van der Waals surface area contributed by atoms with Gasteiger partial charge in [-0.2, -0.15) is 0 Å². The smallest absolute Gasteiger partial charge is 0.263 e. The fourth-order valence-electron chi connectivity index (χ4n) is 2.87. The van der Waals surface area contributed by atoms with E-state index in [9.17, 15) is 24.6 Å². The number of aryl methyl sites for hydroxylation is 1. The van der Waals surface area contributed by atoms with Crippen molar-refractivity contribution >= 4 is 17.8 Å². The molecule has 0 unspecified atom stereocenters. The molecular formula is C21H20N3O6-. The summed E-state index contributed by atoms with van der Waals surface area (Å²) in [6.45, 7) is 1.54. The number of rotatable bonds is 7. The lowest BCUT2D eigenvalue weighted by atomic mass is 10.1. The summed E-state index contributed by atoms with van der Waals surface area (Å²) in [5.41, 5.74) is 1.21. The molecule has 0 saturated heterocycles. The topological polar surface area (TPSA) is 132 Å². The van der Waals surface area contributed by atoms with E-state index in [4.69, 9.17) is 4.74 Å². The Kier molecular flexibility index (Phi) is 6.31. The van der Waals surface area contributed by atoms with Crippen LogP contribution in [0.25, 0.3) is 0 Å². The molecule has 0 aliphatic carbocycles. The molecule has 9 heteroatoms. The maximum Gasteiger partial charge on any atom is 0.263 e. The van der Waals surface area contributed by atoms with Gasteiger partial charge in [0.05, 0.1) is 30.9 Å². The highest BCUT2D eigenvalue weighted by Gasteiger charge is 2.32. The van der Waals surface area contributed by atoms with Crippen LogP contribution < -0.4 is 15.2 Å². The van der Waals surface area contributed by atoms with E-state index in [-0.39, 0.29) is 25.3 Å². The van der Waals surface area contributed by atoms with Crippen molar-refractivity contribution < 1.29 is 29.3 Å². The molecule has 0 saturated carbocycles. The van der Waals surface area contributed by atoms with Crippen molar-refractivity contribution in [3.05, 3.63) is 65.2 Å². The first kappa shape index (κ1) is 20.8. The number of aliphatic carboxylic acids is 1. The first-order chi connectivity index (χ1) is 14.3. The van der Waals surface area contributed by atoms with Crippen molar-refractivity contribution in [1.29, 1.82) is 0 Å². The van der Waals surface area contributed by atoms with Crippen molar-refractivity contribution in [2.75, 3.05) is 13.1 Å². The van der Waals surface area contributed by atoms with Crippen molar-refractivity contribution in [2.45, 2.75) is 19.9 Å². The van der Waals surface area contributed by atoms with E-state index in [2.05, 4.69) is 4.98 Å². The van der Waals surface area contributed by atoms with Crippen molar-refractivity contribution in [3.8, 4) is 11.5 Å². The molecule has 9 nitrogen and oxygen atoms in total. The van der Waals surface area contributed by atoms with Gasteiger partial charge in [0.2, 0.25) is 0 Å². The number of hydrogen-bond acceptors (Lipinski definition) is 7. The number of pyridine rings is 1.